The van der Waals surface area contributed by atoms with Crippen molar-refractivity contribution in [3.63, 3.8) is 0 Å². The van der Waals surface area contributed by atoms with E-state index in [1.807, 2.05) is 48.5 Å². The Hall–Kier alpha value is -2.53. The monoisotopic (exact) mass is 454 g/mol. The summed E-state index contributed by atoms with van der Waals surface area (Å²) in [4.78, 5) is 12.0. The topological polar surface area (TPSA) is 65.0 Å². The van der Waals surface area contributed by atoms with Crippen LogP contribution in [0.2, 0.25) is 0 Å². The van der Waals surface area contributed by atoms with Crippen LogP contribution in [0.25, 0.3) is 11.1 Å². The average molecular weight is 455 g/mol. The minimum absolute atomic E-state index is 0.194. The fourth-order valence-corrected chi connectivity index (χ4v) is 4.44. The molecule has 0 bridgehead atoms. The third kappa shape index (κ3) is 7.50. The summed E-state index contributed by atoms with van der Waals surface area (Å²) < 4.78 is 15.9. The molecule has 2 aromatic carbocycles. The zero-order valence-corrected chi connectivity index (χ0v) is 20.1. The number of aliphatic hydroxyl groups is 1. The lowest BCUT2D eigenvalue weighted by molar-refractivity contribution is -0.0538. The molecule has 0 unspecified atom stereocenters. The Balaban J connectivity index is 1.42. The Kier molecular flexibility index (Phi) is 9.61. The SMILES string of the molecule is CCCCCCCCOC(=O)OC1CCC(O)(c2ccc(-c3ccc(OC)cc3)cc2)CC1. The van der Waals surface area contributed by atoms with Gasteiger partial charge in [0.15, 0.2) is 0 Å². The van der Waals surface area contributed by atoms with Gasteiger partial charge in [-0.05, 0) is 60.9 Å². The molecule has 5 heteroatoms. The molecule has 1 saturated carbocycles. The van der Waals surface area contributed by atoms with Crippen molar-refractivity contribution in [2.45, 2.75) is 82.8 Å². The highest BCUT2D eigenvalue weighted by Crippen LogP contribution is 2.39. The number of carbonyl (C=O) groups is 1. The largest absolute Gasteiger partial charge is 0.508 e. The van der Waals surface area contributed by atoms with Crippen molar-refractivity contribution in [1.29, 1.82) is 0 Å². The van der Waals surface area contributed by atoms with Crippen LogP contribution in [-0.4, -0.2) is 31.1 Å². The van der Waals surface area contributed by atoms with Gasteiger partial charge in [0.1, 0.15) is 11.9 Å². The number of methoxy groups -OCH3 is 1. The van der Waals surface area contributed by atoms with Crippen molar-refractivity contribution < 1.29 is 24.1 Å². The van der Waals surface area contributed by atoms with E-state index in [0.717, 1.165) is 35.3 Å². The molecule has 0 aliphatic heterocycles. The second kappa shape index (κ2) is 12.6. The molecule has 0 radical (unpaired) electrons. The van der Waals surface area contributed by atoms with Crippen molar-refractivity contribution in [3.8, 4) is 16.9 Å². The van der Waals surface area contributed by atoms with Gasteiger partial charge in [-0.1, -0.05) is 75.4 Å². The summed E-state index contributed by atoms with van der Waals surface area (Å²) in [5.74, 6) is 0.829. The molecular weight excluding hydrogens is 416 g/mol. The number of carbonyl (C=O) groups excluding carboxylic acids is 1. The first-order valence-corrected chi connectivity index (χ1v) is 12.3. The van der Waals surface area contributed by atoms with Gasteiger partial charge in [0.25, 0.3) is 0 Å². The first-order valence-electron chi connectivity index (χ1n) is 12.3. The highest BCUT2D eigenvalue weighted by atomic mass is 16.7. The smallest absolute Gasteiger partial charge is 0.497 e. The lowest BCUT2D eigenvalue weighted by Crippen LogP contribution is -2.35. The van der Waals surface area contributed by atoms with Gasteiger partial charge in [-0.2, -0.15) is 0 Å². The number of benzene rings is 2. The number of hydrogen-bond donors (Lipinski definition) is 1. The summed E-state index contributed by atoms with van der Waals surface area (Å²) in [5.41, 5.74) is 2.21. The summed E-state index contributed by atoms with van der Waals surface area (Å²) in [6.45, 7) is 2.62. The fourth-order valence-electron chi connectivity index (χ4n) is 4.44. The zero-order chi connectivity index (χ0) is 23.5. The summed E-state index contributed by atoms with van der Waals surface area (Å²) in [6, 6.07) is 16.0. The lowest BCUT2D eigenvalue weighted by atomic mass is 9.78. The Labute approximate surface area is 198 Å². The minimum atomic E-state index is -0.888. The molecule has 0 atom stereocenters. The van der Waals surface area contributed by atoms with E-state index in [0.29, 0.717) is 32.3 Å². The van der Waals surface area contributed by atoms with E-state index in [1.165, 1.54) is 25.7 Å². The van der Waals surface area contributed by atoms with E-state index in [2.05, 4.69) is 6.92 Å². The van der Waals surface area contributed by atoms with Crippen molar-refractivity contribution in [1.82, 2.24) is 0 Å². The Bertz CT molecular complexity index is 836. The molecule has 1 aliphatic rings. The van der Waals surface area contributed by atoms with E-state index >= 15 is 0 Å². The van der Waals surface area contributed by atoms with Crippen LogP contribution in [0.5, 0.6) is 5.75 Å². The molecule has 0 saturated heterocycles. The molecule has 1 fully saturated rings. The van der Waals surface area contributed by atoms with Crippen LogP contribution in [0, 0.1) is 0 Å². The van der Waals surface area contributed by atoms with Crippen LogP contribution >= 0.6 is 0 Å². The van der Waals surface area contributed by atoms with E-state index < -0.39 is 11.8 Å². The van der Waals surface area contributed by atoms with Crippen LogP contribution in [0.3, 0.4) is 0 Å². The predicted molar refractivity (Wildman–Crippen MR) is 130 cm³/mol. The van der Waals surface area contributed by atoms with Crippen LogP contribution in [0.15, 0.2) is 48.5 Å². The van der Waals surface area contributed by atoms with Gasteiger partial charge in [0.05, 0.1) is 19.3 Å². The van der Waals surface area contributed by atoms with Crippen LogP contribution in [-0.2, 0) is 15.1 Å². The predicted octanol–water partition coefficient (Wildman–Crippen LogP) is 7.01. The van der Waals surface area contributed by atoms with Crippen LogP contribution < -0.4 is 4.74 Å². The Morgan fingerprint density at radius 3 is 2.09 bits per heavy atom. The molecule has 0 amide bonds. The molecular formula is C28H38O5. The maximum absolute atomic E-state index is 12.0. The minimum Gasteiger partial charge on any atom is -0.497 e. The van der Waals surface area contributed by atoms with Gasteiger partial charge in [-0.25, -0.2) is 4.79 Å². The van der Waals surface area contributed by atoms with Gasteiger partial charge < -0.3 is 19.3 Å². The van der Waals surface area contributed by atoms with Gasteiger partial charge in [0.2, 0.25) is 0 Å². The quantitative estimate of drug-likeness (QED) is 0.292. The summed E-state index contributed by atoms with van der Waals surface area (Å²) in [5, 5.41) is 11.2. The highest BCUT2D eigenvalue weighted by Gasteiger charge is 2.36. The van der Waals surface area contributed by atoms with Gasteiger partial charge in [-0.3, -0.25) is 0 Å². The molecule has 5 nitrogen and oxygen atoms in total. The summed E-state index contributed by atoms with van der Waals surface area (Å²) >= 11 is 0. The molecule has 0 spiro atoms. The first-order chi connectivity index (χ1) is 16.0. The second-order valence-corrected chi connectivity index (χ2v) is 9.02. The maximum Gasteiger partial charge on any atom is 0.508 e. The number of hydrogen-bond acceptors (Lipinski definition) is 5. The van der Waals surface area contributed by atoms with E-state index in [9.17, 15) is 9.90 Å². The molecule has 2 aromatic rings. The second-order valence-electron chi connectivity index (χ2n) is 9.02. The fraction of sp³-hybridized carbons (Fsp3) is 0.536. The van der Waals surface area contributed by atoms with Crippen molar-refractivity contribution in [2.75, 3.05) is 13.7 Å². The van der Waals surface area contributed by atoms with Crippen molar-refractivity contribution >= 4 is 6.16 Å². The third-order valence-corrected chi connectivity index (χ3v) is 6.59. The summed E-state index contributed by atoms with van der Waals surface area (Å²) in [7, 11) is 1.66. The highest BCUT2D eigenvalue weighted by molar-refractivity contribution is 5.64. The Morgan fingerprint density at radius 2 is 1.48 bits per heavy atom. The standard InChI is InChI=1S/C28H38O5/c1-3-4-5-6-7-8-21-32-27(29)33-26-17-19-28(30,20-18-26)24-13-9-22(10-14-24)23-11-15-25(31-2)16-12-23/h9-16,26,30H,3-8,17-21H2,1-2H3. The molecule has 1 aliphatic carbocycles. The average Bonchev–Trinajstić information content (AvgIpc) is 2.85. The molecule has 1 N–H and O–H groups in total. The van der Waals surface area contributed by atoms with E-state index in [1.54, 1.807) is 7.11 Å². The molecule has 0 aromatic heterocycles. The van der Waals surface area contributed by atoms with Gasteiger partial charge in [-0.15, -0.1) is 0 Å². The van der Waals surface area contributed by atoms with Crippen molar-refractivity contribution in [2.24, 2.45) is 0 Å². The van der Waals surface area contributed by atoms with E-state index in [-0.39, 0.29) is 6.10 Å². The van der Waals surface area contributed by atoms with Gasteiger partial charge >= 0.3 is 6.16 Å². The lowest BCUT2D eigenvalue weighted by Gasteiger charge is -2.36. The first kappa shape index (κ1) is 25.1. The van der Waals surface area contributed by atoms with E-state index in [4.69, 9.17) is 14.2 Å². The number of rotatable bonds is 11. The van der Waals surface area contributed by atoms with Crippen molar-refractivity contribution in [3.05, 3.63) is 54.1 Å². The third-order valence-electron chi connectivity index (χ3n) is 6.59. The Morgan fingerprint density at radius 1 is 0.909 bits per heavy atom. The molecule has 180 valence electrons. The zero-order valence-electron chi connectivity index (χ0n) is 20.1. The molecule has 0 heterocycles. The molecule has 3 rings (SSSR count). The maximum atomic E-state index is 12.0. The number of unbranched alkanes of at least 4 members (excludes halogenated alkanes) is 5. The van der Waals surface area contributed by atoms with Crippen LogP contribution in [0.1, 0.15) is 76.7 Å². The normalized spacial score (nSPS) is 20.3. The summed E-state index contributed by atoms with van der Waals surface area (Å²) in [6.07, 6.45) is 8.50. The van der Waals surface area contributed by atoms with Gasteiger partial charge in [0, 0.05) is 0 Å². The molecule has 33 heavy (non-hydrogen) atoms. The number of ether oxygens (including phenoxy) is 3. The van der Waals surface area contributed by atoms with Crippen LogP contribution in [0.4, 0.5) is 4.79 Å².